The zero-order chi connectivity index (χ0) is 14.3. The SMILES string of the molecule is CCCCC(CC)C(N)c1ccc(CC)c(CC)c1. The largest absolute Gasteiger partial charge is 0.324 e. The molecule has 0 aliphatic rings. The van der Waals surface area contributed by atoms with Gasteiger partial charge in [0.05, 0.1) is 0 Å². The number of unbranched alkanes of at least 4 members (excludes halogenated alkanes) is 1. The van der Waals surface area contributed by atoms with Crippen LogP contribution in [0.15, 0.2) is 18.2 Å². The van der Waals surface area contributed by atoms with Crippen LogP contribution in [-0.4, -0.2) is 0 Å². The molecule has 2 N–H and O–H groups in total. The third-order valence-corrected chi connectivity index (χ3v) is 4.34. The van der Waals surface area contributed by atoms with E-state index in [1.807, 2.05) is 0 Å². The molecule has 0 amide bonds. The number of hydrogen-bond acceptors (Lipinski definition) is 1. The molecule has 0 saturated heterocycles. The maximum absolute atomic E-state index is 6.51. The van der Waals surface area contributed by atoms with Crippen molar-refractivity contribution in [3.05, 3.63) is 34.9 Å². The van der Waals surface area contributed by atoms with Crippen LogP contribution in [0.4, 0.5) is 0 Å². The topological polar surface area (TPSA) is 26.0 Å². The summed E-state index contributed by atoms with van der Waals surface area (Å²) in [6, 6.07) is 7.07. The molecule has 0 heterocycles. The van der Waals surface area contributed by atoms with Gasteiger partial charge in [0, 0.05) is 6.04 Å². The van der Waals surface area contributed by atoms with Crippen LogP contribution >= 0.6 is 0 Å². The molecule has 1 rings (SSSR count). The van der Waals surface area contributed by atoms with Crippen molar-refractivity contribution in [2.75, 3.05) is 0 Å². The van der Waals surface area contributed by atoms with E-state index in [0.717, 1.165) is 12.8 Å². The van der Waals surface area contributed by atoms with Crippen molar-refractivity contribution in [3.63, 3.8) is 0 Å². The highest BCUT2D eigenvalue weighted by Crippen LogP contribution is 2.28. The van der Waals surface area contributed by atoms with Crippen molar-refractivity contribution in [3.8, 4) is 0 Å². The van der Waals surface area contributed by atoms with Gasteiger partial charge in [-0.15, -0.1) is 0 Å². The van der Waals surface area contributed by atoms with Gasteiger partial charge in [-0.25, -0.2) is 0 Å². The van der Waals surface area contributed by atoms with Crippen LogP contribution in [0.1, 0.15) is 76.1 Å². The number of hydrogen-bond donors (Lipinski definition) is 1. The van der Waals surface area contributed by atoms with E-state index in [1.54, 1.807) is 0 Å². The second-order valence-electron chi connectivity index (χ2n) is 5.57. The van der Waals surface area contributed by atoms with Gasteiger partial charge < -0.3 is 5.73 Å². The van der Waals surface area contributed by atoms with Crippen molar-refractivity contribution >= 4 is 0 Å². The van der Waals surface area contributed by atoms with Crippen molar-refractivity contribution in [1.29, 1.82) is 0 Å². The molecule has 0 fully saturated rings. The lowest BCUT2D eigenvalue weighted by atomic mass is 9.86. The second-order valence-corrected chi connectivity index (χ2v) is 5.57. The molecule has 0 saturated carbocycles. The molecule has 108 valence electrons. The van der Waals surface area contributed by atoms with E-state index in [-0.39, 0.29) is 6.04 Å². The minimum atomic E-state index is 0.202. The number of benzene rings is 1. The molecule has 0 aromatic heterocycles. The Hall–Kier alpha value is -0.820. The lowest BCUT2D eigenvalue weighted by Gasteiger charge is -2.24. The van der Waals surface area contributed by atoms with Crippen LogP contribution in [0.3, 0.4) is 0 Å². The summed E-state index contributed by atoms with van der Waals surface area (Å²) < 4.78 is 0. The van der Waals surface area contributed by atoms with Gasteiger partial charge in [-0.2, -0.15) is 0 Å². The van der Waals surface area contributed by atoms with E-state index in [4.69, 9.17) is 5.73 Å². The third kappa shape index (κ3) is 4.35. The average Bonchev–Trinajstić information content (AvgIpc) is 2.46. The first-order chi connectivity index (χ1) is 9.17. The van der Waals surface area contributed by atoms with E-state index in [1.165, 1.54) is 42.4 Å². The minimum absolute atomic E-state index is 0.202. The molecule has 1 nitrogen and oxygen atoms in total. The fourth-order valence-electron chi connectivity index (χ4n) is 2.90. The van der Waals surface area contributed by atoms with Crippen molar-refractivity contribution < 1.29 is 0 Å². The Morgan fingerprint density at radius 1 is 1.00 bits per heavy atom. The van der Waals surface area contributed by atoms with E-state index >= 15 is 0 Å². The molecule has 1 heteroatoms. The Morgan fingerprint density at radius 2 is 1.68 bits per heavy atom. The normalized spacial score (nSPS) is 14.4. The molecule has 0 spiro atoms. The number of aryl methyl sites for hydroxylation is 2. The van der Waals surface area contributed by atoms with Crippen LogP contribution in [0.25, 0.3) is 0 Å². The minimum Gasteiger partial charge on any atom is -0.324 e. The average molecular weight is 261 g/mol. The van der Waals surface area contributed by atoms with Gasteiger partial charge in [0.2, 0.25) is 0 Å². The maximum Gasteiger partial charge on any atom is 0.0323 e. The summed E-state index contributed by atoms with van der Waals surface area (Å²) in [6.45, 7) is 8.98. The van der Waals surface area contributed by atoms with E-state index in [9.17, 15) is 0 Å². The molecule has 2 unspecified atom stereocenters. The fraction of sp³-hybridized carbons (Fsp3) is 0.667. The Balaban J connectivity index is 2.88. The summed E-state index contributed by atoms with van der Waals surface area (Å²) in [5.74, 6) is 0.622. The van der Waals surface area contributed by atoms with Gasteiger partial charge >= 0.3 is 0 Å². The summed E-state index contributed by atoms with van der Waals surface area (Å²) >= 11 is 0. The first kappa shape index (κ1) is 16.2. The molecule has 19 heavy (non-hydrogen) atoms. The van der Waals surface area contributed by atoms with Crippen LogP contribution in [0.2, 0.25) is 0 Å². The predicted octanol–water partition coefficient (Wildman–Crippen LogP) is 5.03. The smallest absolute Gasteiger partial charge is 0.0323 e. The highest BCUT2D eigenvalue weighted by molar-refractivity contribution is 5.34. The third-order valence-electron chi connectivity index (χ3n) is 4.34. The molecule has 2 atom stereocenters. The first-order valence-electron chi connectivity index (χ1n) is 8.05. The summed E-state index contributed by atoms with van der Waals surface area (Å²) in [5.41, 5.74) is 10.8. The van der Waals surface area contributed by atoms with Gasteiger partial charge in [-0.1, -0.05) is 65.2 Å². The quantitative estimate of drug-likeness (QED) is 0.698. The zero-order valence-corrected chi connectivity index (χ0v) is 13.2. The lowest BCUT2D eigenvalue weighted by Crippen LogP contribution is -2.21. The Labute approximate surface area is 119 Å². The monoisotopic (exact) mass is 261 g/mol. The summed E-state index contributed by atoms with van der Waals surface area (Å²) in [5, 5.41) is 0. The van der Waals surface area contributed by atoms with Crippen LogP contribution in [-0.2, 0) is 12.8 Å². The van der Waals surface area contributed by atoms with Crippen LogP contribution < -0.4 is 5.73 Å². The van der Waals surface area contributed by atoms with Crippen molar-refractivity contribution in [2.45, 2.75) is 72.3 Å². The second kappa shape index (κ2) is 8.37. The summed E-state index contributed by atoms with van der Waals surface area (Å²) in [6.07, 6.45) is 7.21. The molecule has 1 aromatic rings. The molecule has 1 aromatic carbocycles. The van der Waals surface area contributed by atoms with E-state index < -0.39 is 0 Å². The molecule has 0 bridgehead atoms. The molecular formula is C18H31N. The zero-order valence-electron chi connectivity index (χ0n) is 13.2. The summed E-state index contributed by atoms with van der Waals surface area (Å²) in [7, 11) is 0. The maximum atomic E-state index is 6.51. The predicted molar refractivity (Wildman–Crippen MR) is 85.4 cm³/mol. The van der Waals surface area contributed by atoms with Crippen LogP contribution in [0.5, 0.6) is 0 Å². The van der Waals surface area contributed by atoms with E-state index in [2.05, 4.69) is 45.9 Å². The van der Waals surface area contributed by atoms with Gasteiger partial charge in [-0.05, 0) is 41.9 Å². The van der Waals surface area contributed by atoms with E-state index in [0.29, 0.717) is 5.92 Å². The molecule has 0 aliphatic carbocycles. The van der Waals surface area contributed by atoms with Crippen LogP contribution in [0, 0.1) is 5.92 Å². The standard InChI is InChI=1S/C18H31N/c1-5-9-10-15(7-3)18(19)17-12-11-14(6-2)16(8-4)13-17/h11-13,15,18H,5-10,19H2,1-4H3. The summed E-state index contributed by atoms with van der Waals surface area (Å²) in [4.78, 5) is 0. The molecule has 0 aliphatic heterocycles. The van der Waals surface area contributed by atoms with Gasteiger partial charge in [0.1, 0.15) is 0 Å². The van der Waals surface area contributed by atoms with Gasteiger partial charge in [0.25, 0.3) is 0 Å². The molecule has 0 radical (unpaired) electrons. The highest BCUT2D eigenvalue weighted by atomic mass is 14.6. The number of rotatable bonds is 8. The molecular weight excluding hydrogens is 230 g/mol. The van der Waals surface area contributed by atoms with Crippen molar-refractivity contribution in [1.82, 2.24) is 0 Å². The first-order valence-corrected chi connectivity index (χ1v) is 8.05. The van der Waals surface area contributed by atoms with Crippen molar-refractivity contribution in [2.24, 2.45) is 11.7 Å². The highest BCUT2D eigenvalue weighted by Gasteiger charge is 2.18. The number of nitrogens with two attached hydrogens (primary N) is 1. The Bertz CT molecular complexity index is 370. The Morgan fingerprint density at radius 3 is 2.21 bits per heavy atom. The fourth-order valence-corrected chi connectivity index (χ4v) is 2.90. The lowest BCUT2D eigenvalue weighted by molar-refractivity contribution is 0.378. The Kier molecular flexibility index (Phi) is 7.15. The van der Waals surface area contributed by atoms with Gasteiger partial charge in [-0.3, -0.25) is 0 Å². The van der Waals surface area contributed by atoms with Gasteiger partial charge in [0.15, 0.2) is 0 Å².